The second kappa shape index (κ2) is 6.92. The lowest BCUT2D eigenvalue weighted by Gasteiger charge is -2.33. The normalized spacial score (nSPS) is 24.0. The molecule has 0 saturated carbocycles. The van der Waals surface area contributed by atoms with Crippen LogP contribution in [0.15, 0.2) is 48.7 Å². The van der Waals surface area contributed by atoms with E-state index in [4.69, 9.17) is 9.72 Å². The van der Waals surface area contributed by atoms with E-state index < -0.39 is 0 Å². The highest BCUT2D eigenvalue weighted by Crippen LogP contribution is 2.28. The number of fused-ring (bicyclic) bond motifs is 1. The molecule has 7 heteroatoms. The molecule has 0 radical (unpaired) electrons. The van der Waals surface area contributed by atoms with Crippen LogP contribution in [0.2, 0.25) is 0 Å². The molecule has 0 spiro atoms. The highest BCUT2D eigenvalue weighted by Gasteiger charge is 2.37. The van der Waals surface area contributed by atoms with Gasteiger partial charge in [0, 0.05) is 43.9 Å². The molecule has 0 amide bonds. The third kappa shape index (κ3) is 3.07. The number of hydrogen-bond donors (Lipinski definition) is 1. The lowest BCUT2D eigenvalue weighted by Crippen LogP contribution is -2.48. The lowest BCUT2D eigenvalue weighted by atomic mass is 10.1. The summed E-state index contributed by atoms with van der Waals surface area (Å²) in [6, 6.07) is 14.3. The van der Waals surface area contributed by atoms with E-state index in [0.717, 1.165) is 55.6 Å². The molecule has 2 atom stereocenters. The van der Waals surface area contributed by atoms with E-state index in [-0.39, 0.29) is 12.1 Å². The molecule has 0 unspecified atom stereocenters. The molecule has 140 valence electrons. The van der Waals surface area contributed by atoms with Gasteiger partial charge in [-0.3, -0.25) is 4.90 Å². The molecule has 7 nitrogen and oxygen atoms in total. The van der Waals surface area contributed by atoms with Gasteiger partial charge < -0.3 is 14.7 Å². The summed E-state index contributed by atoms with van der Waals surface area (Å²) >= 11 is 0. The van der Waals surface area contributed by atoms with Crippen molar-refractivity contribution in [2.45, 2.75) is 12.1 Å². The molecule has 2 aliphatic rings. The third-order valence-corrected chi connectivity index (χ3v) is 5.51. The number of benzene rings is 1. The Hall–Kier alpha value is -2.48. The topological polar surface area (TPSA) is 66.1 Å². The van der Waals surface area contributed by atoms with Crippen molar-refractivity contribution in [1.29, 1.82) is 0 Å². The number of anilines is 1. The Morgan fingerprint density at radius 3 is 2.67 bits per heavy atom. The van der Waals surface area contributed by atoms with Crippen molar-refractivity contribution in [3.63, 3.8) is 0 Å². The van der Waals surface area contributed by atoms with Crippen LogP contribution in [-0.4, -0.2) is 76.1 Å². The van der Waals surface area contributed by atoms with Crippen molar-refractivity contribution in [3.05, 3.63) is 48.7 Å². The maximum absolute atomic E-state index is 10.7. The van der Waals surface area contributed by atoms with Gasteiger partial charge in [0.25, 0.3) is 0 Å². The van der Waals surface area contributed by atoms with Crippen LogP contribution in [0.4, 0.5) is 5.82 Å². The third-order valence-electron chi connectivity index (χ3n) is 5.51. The molecular formula is C20H23N5O2. The van der Waals surface area contributed by atoms with Gasteiger partial charge in [0.15, 0.2) is 5.65 Å². The quantitative estimate of drug-likeness (QED) is 0.754. The van der Waals surface area contributed by atoms with E-state index in [1.54, 1.807) is 6.20 Å². The van der Waals surface area contributed by atoms with Gasteiger partial charge >= 0.3 is 0 Å². The second-order valence-corrected chi connectivity index (χ2v) is 7.15. The van der Waals surface area contributed by atoms with E-state index in [1.807, 2.05) is 28.8 Å². The first-order valence-corrected chi connectivity index (χ1v) is 9.44. The summed E-state index contributed by atoms with van der Waals surface area (Å²) in [7, 11) is 0. The van der Waals surface area contributed by atoms with Crippen molar-refractivity contribution < 1.29 is 9.84 Å². The Bertz CT molecular complexity index is 923. The molecule has 2 fully saturated rings. The van der Waals surface area contributed by atoms with Crippen molar-refractivity contribution in [1.82, 2.24) is 19.5 Å². The van der Waals surface area contributed by atoms with Crippen LogP contribution in [0.5, 0.6) is 0 Å². The fourth-order valence-corrected chi connectivity index (χ4v) is 4.10. The first kappa shape index (κ1) is 16.7. The number of ether oxygens (including phenoxy) is 1. The predicted molar refractivity (Wildman–Crippen MR) is 103 cm³/mol. The molecule has 27 heavy (non-hydrogen) atoms. The van der Waals surface area contributed by atoms with Gasteiger partial charge in [-0.1, -0.05) is 30.3 Å². The van der Waals surface area contributed by atoms with Gasteiger partial charge in [0.2, 0.25) is 0 Å². The average molecular weight is 365 g/mol. The number of aliphatic hydroxyl groups excluding tert-OH is 1. The highest BCUT2D eigenvalue weighted by atomic mass is 16.5. The first-order chi connectivity index (χ1) is 13.3. The molecule has 0 aliphatic carbocycles. The molecule has 4 heterocycles. The lowest BCUT2D eigenvalue weighted by molar-refractivity contribution is -0.00588. The average Bonchev–Trinajstić information content (AvgIpc) is 3.35. The van der Waals surface area contributed by atoms with Crippen LogP contribution in [0.25, 0.3) is 16.9 Å². The molecule has 3 aromatic rings. The van der Waals surface area contributed by atoms with E-state index in [1.165, 1.54) is 0 Å². The smallest absolute Gasteiger partial charge is 0.157 e. The zero-order valence-corrected chi connectivity index (χ0v) is 15.1. The number of nitrogens with zero attached hydrogens (tertiary/aromatic N) is 5. The molecule has 1 N–H and O–H groups in total. The summed E-state index contributed by atoms with van der Waals surface area (Å²) in [5.41, 5.74) is 2.81. The van der Waals surface area contributed by atoms with Gasteiger partial charge in [-0.25, -0.2) is 4.98 Å². The zero-order valence-electron chi connectivity index (χ0n) is 15.1. The molecule has 2 aliphatic heterocycles. The second-order valence-electron chi connectivity index (χ2n) is 7.15. The monoisotopic (exact) mass is 365 g/mol. The summed E-state index contributed by atoms with van der Waals surface area (Å²) < 4.78 is 7.32. The predicted octanol–water partition coefficient (Wildman–Crippen LogP) is 1.28. The standard InChI is InChI=1S/C20H23N5O2/c26-18-14-24(13-17(18)23-8-10-27-11-9-23)20-12-16(15-4-2-1-3-5-15)22-19-6-7-21-25(19)20/h1-7,12,17-18,26H,8-11,13-14H2/t17-,18-/m1/s1. The largest absolute Gasteiger partial charge is 0.390 e. The van der Waals surface area contributed by atoms with E-state index >= 15 is 0 Å². The molecule has 1 aromatic carbocycles. The number of β-amino-alcohol motifs (C(OH)–C–C–N with tert-alkyl or cyclic N) is 1. The number of aliphatic hydroxyl groups is 1. The highest BCUT2D eigenvalue weighted by molar-refractivity contribution is 5.67. The maximum atomic E-state index is 10.7. The first-order valence-electron chi connectivity index (χ1n) is 9.44. The van der Waals surface area contributed by atoms with E-state index in [0.29, 0.717) is 6.54 Å². The van der Waals surface area contributed by atoms with Crippen LogP contribution in [0.3, 0.4) is 0 Å². The van der Waals surface area contributed by atoms with Gasteiger partial charge in [-0.15, -0.1) is 0 Å². The number of morpholine rings is 1. The van der Waals surface area contributed by atoms with Gasteiger partial charge in [0.1, 0.15) is 5.82 Å². The Morgan fingerprint density at radius 2 is 1.85 bits per heavy atom. The van der Waals surface area contributed by atoms with Crippen LogP contribution in [0, 0.1) is 0 Å². The van der Waals surface area contributed by atoms with Gasteiger partial charge in [-0.2, -0.15) is 9.61 Å². The van der Waals surface area contributed by atoms with Crippen molar-refractivity contribution in [3.8, 4) is 11.3 Å². The zero-order chi connectivity index (χ0) is 18.2. The minimum atomic E-state index is -0.387. The van der Waals surface area contributed by atoms with Crippen molar-refractivity contribution in [2.24, 2.45) is 0 Å². The summed E-state index contributed by atoms with van der Waals surface area (Å²) in [5, 5.41) is 15.2. The number of rotatable bonds is 3. The van der Waals surface area contributed by atoms with Crippen LogP contribution >= 0.6 is 0 Å². The van der Waals surface area contributed by atoms with Gasteiger partial charge in [0.05, 0.1) is 37.3 Å². The fourth-order valence-electron chi connectivity index (χ4n) is 4.10. The molecule has 5 rings (SSSR count). The number of aromatic nitrogens is 3. The van der Waals surface area contributed by atoms with Crippen molar-refractivity contribution >= 4 is 11.5 Å². The maximum Gasteiger partial charge on any atom is 0.157 e. The Morgan fingerprint density at radius 1 is 1.04 bits per heavy atom. The summed E-state index contributed by atoms with van der Waals surface area (Å²) in [6.45, 7) is 4.58. The Balaban J connectivity index is 1.50. The van der Waals surface area contributed by atoms with Gasteiger partial charge in [-0.05, 0) is 0 Å². The molecular weight excluding hydrogens is 342 g/mol. The Kier molecular flexibility index (Phi) is 4.27. The summed E-state index contributed by atoms with van der Waals surface area (Å²) in [4.78, 5) is 9.31. The van der Waals surface area contributed by atoms with E-state index in [9.17, 15) is 5.11 Å². The number of hydrogen-bond acceptors (Lipinski definition) is 6. The van der Waals surface area contributed by atoms with Crippen LogP contribution < -0.4 is 4.90 Å². The molecule has 2 saturated heterocycles. The Labute approximate surface area is 157 Å². The minimum absolute atomic E-state index is 0.118. The fraction of sp³-hybridized carbons (Fsp3) is 0.400. The van der Waals surface area contributed by atoms with Crippen molar-refractivity contribution in [2.75, 3.05) is 44.3 Å². The van der Waals surface area contributed by atoms with Crippen LogP contribution in [0.1, 0.15) is 0 Å². The summed E-state index contributed by atoms with van der Waals surface area (Å²) in [5.74, 6) is 0.971. The molecule has 2 aromatic heterocycles. The van der Waals surface area contributed by atoms with E-state index in [2.05, 4.69) is 33.1 Å². The minimum Gasteiger partial charge on any atom is -0.390 e. The SMILES string of the molecule is O[C@@H]1CN(c2cc(-c3ccccc3)nc3ccnn23)C[C@H]1N1CCOCC1. The van der Waals surface area contributed by atoms with Crippen LogP contribution in [-0.2, 0) is 4.74 Å². The molecule has 0 bridgehead atoms. The summed E-state index contributed by atoms with van der Waals surface area (Å²) in [6.07, 6.45) is 1.38.